The van der Waals surface area contributed by atoms with Crippen LogP contribution in [0.4, 0.5) is 0 Å². The standard InChI is InChI=1S/C12H13ClN2S/c1-9-12(16-8-15-9)7-14-6-10-3-2-4-11(13)5-10/h2-5,8,14H,6-7H2,1H3. The van der Waals surface area contributed by atoms with Gasteiger partial charge in [-0.2, -0.15) is 0 Å². The van der Waals surface area contributed by atoms with Gasteiger partial charge in [-0.15, -0.1) is 11.3 Å². The van der Waals surface area contributed by atoms with Crippen LogP contribution in [0.2, 0.25) is 5.02 Å². The Morgan fingerprint density at radius 2 is 2.25 bits per heavy atom. The number of rotatable bonds is 4. The Hall–Kier alpha value is -0.900. The van der Waals surface area contributed by atoms with Gasteiger partial charge in [-0.1, -0.05) is 23.7 Å². The molecule has 1 aromatic heterocycles. The van der Waals surface area contributed by atoms with Gasteiger partial charge < -0.3 is 5.32 Å². The first-order valence-corrected chi connectivity index (χ1v) is 6.35. The van der Waals surface area contributed by atoms with Crippen molar-refractivity contribution in [3.05, 3.63) is 50.9 Å². The Morgan fingerprint density at radius 1 is 1.38 bits per heavy atom. The molecule has 0 bridgehead atoms. The molecule has 1 aromatic carbocycles. The zero-order valence-electron chi connectivity index (χ0n) is 9.03. The number of halogens is 1. The van der Waals surface area contributed by atoms with E-state index < -0.39 is 0 Å². The lowest BCUT2D eigenvalue weighted by molar-refractivity contribution is 0.697. The van der Waals surface area contributed by atoms with Gasteiger partial charge in [0.15, 0.2) is 0 Å². The molecule has 0 atom stereocenters. The second-order valence-corrected chi connectivity index (χ2v) is 4.97. The molecule has 0 saturated heterocycles. The maximum absolute atomic E-state index is 5.91. The first kappa shape index (κ1) is 11.6. The molecule has 84 valence electrons. The highest BCUT2D eigenvalue weighted by atomic mass is 35.5. The Bertz CT molecular complexity index is 468. The third-order valence-corrected chi connectivity index (χ3v) is 3.52. The van der Waals surface area contributed by atoms with Crippen molar-refractivity contribution in [2.75, 3.05) is 0 Å². The molecule has 0 saturated carbocycles. The molecule has 0 amide bonds. The van der Waals surface area contributed by atoms with Crippen LogP contribution in [0.3, 0.4) is 0 Å². The summed E-state index contributed by atoms with van der Waals surface area (Å²) in [6.45, 7) is 3.73. The van der Waals surface area contributed by atoms with E-state index in [0.29, 0.717) is 0 Å². The lowest BCUT2D eigenvalue weighted by Gasteiger charge is -2.04. The third kappa shape index (κ3) is 3.04. The van der Waals surface area contributed by atoms with Crippen LogP contribution >= 0.6 is 22.9 Å². The normalized spacial score (nSPS) is 10.6. The Balaban J connectivity index is 1.87. The number of benzene rings is 1. The molecule has 0 unspecified atom stereocenters. The van der Waals surface area contributed by atoms with Gasteiger partial charge in [-0.25, -0.2) is 4.98 Å². The monoisotopic (exact) mass is 252 g/mol. The lowest BCUT2D eigenvalue weighted by Crippen LogP contribution is -2.12. The Labute approximate surface area is 104 Å². The van der Waals surface area contributed by atoms with Crippen molar-refractivity contribution in [2.24, 2.45) is 0 Å². The van der Waals surface area contributed by atoms with Crippen LogP contribution < -0.4 is 5.32 Å². The molecule has 0 radical (unpaired) electrons. The molecule has 1 N–H and O–H groups in total. The minimum Gasteiger partial charge on any atom is -0.308 e. The fourth-order valence-corrected chi connectivity index (χ4v) is 2.42. The van der Waals surface area contributed by atoms with Crippen LogP contribution in [0, 0.1) is 6.92 Å². The molecule has 2 rings (SSSR count). The van der Waals surface area contributed by atoms with Gasteiger partial charge in [-0.3, -0.25) is 0 Å². The van der Waals surface area contributed by atoms with Crippen molar-refractivity contribution in [3.8, 4) is 0 Å². The van der Waals surface area contributed by atoms with E-state index in [-0.39, 0.29) is 0 Å². The van der Waals surface area contributed by atoms with Gasteiger partial charge in [0.05, 0.1) is 11.2 Å². The fraction of sp³-hybridized carbons (Fsp3) is 0.250. The summed E-state index contributed by atoms with van der Waals surface area (Å²) in [4.78, 5) is 5.51. The first-order valence-electron chi connectivity index (χ1n) is 5.10. The van der Waals surface area contributed by atoms with E-state index >= 15 is 0 Å². The van der Waals surface area contributed by atoms with Crippen molar-refractivity contribution >= 4 is 22.9 Å². The summed E-state index contributed by atoms with van der Waals surface area (Å²) in [5.41, 5.74) is 4.20. The summed E-state index contributed by atoms with van der Waals surface area (Å²) in [7, 11) is 0. The van der Waals surface area contributed by atoms with E-state index in [1.807, 2.05) is 30.6 Å². The Morgan fingerprint density at radius 3 is 2.94 bits per heavy atom. The topological polar surface area (TPSA) is 24.9 Å². The summed E-state index contributed by atoms with van der Waals surface area (Å²) in [6, 6.07) is 7.90. The third-order valence-electron chi connectivity index (χ3n) is 2.35. The number of aromatic nitrogens is 1. The number of aryl methyl sites for hydroxylation is 1. The van der Waals surface area contributed by atoms with E-state index in [0.717, 1.165) is 23.8 Å². The quantitative estimate of drug-likeness (QED) is 0.902. The highest BCUT2D eigenvalue weighted by Gasteiger charge is 2.00. The second kappa shape index (κ2) is 5.43. The number of thiazole rings is 1. The van der Waals surface area contributed by atoms with Gasteiger partial charge in [0.2, 0.25) is 0 Å². The van der Waals surface area contributed by atoms with Crippen LogP contribution in [0.5, 0.6) is 0 Å². The molecule has 16 heavy (non-hydrogen) atoms. The summed E-state index contributed by atoms with van der Waals surface area (Å²) < 4.78 is 0. The van der Waals surface area contributed by atoms with Crippen LogP contribution in [0.25, 0.3) is 0 Å². The number of hydrogen-bond acceptors (Lipinski definition) is 3. The summed E-state index contributed by atoms with van der Waals surface area (Å²) in [5.74, 6) is 0. The van der Waals surface area contributed by atoms with E-state index in [2.05, 4.69) is 16.4 Å². The number of nitrogens with one attached hydrogen (secondary N) is 1. The molecule has 4 heteroatoms. The van der Waals surface area contributed by atoms with Crippen molar-refractivity contribution in [1.82, 2.24) is 10.3 Å². The van der Waals surface area contributed by atoms with Crippen LogP contribution in [0.15, 0.2) is 29.8 Å². The highest BCUT2D eigenvalue weighted by Crippen LogP contribution is 2.13. The van der Waals surface area contributed by atoms with Crippen LogP contribution in [-0.4, -0.2) is 4.98 Å². The molecule has 0 aliphatic rings. The van der Waals surface area contributed by atoms with E-state index in [9.17, 15) is 0 Å². The zero-order valence-corrected chi connectivity index (χ0v) is 10.6. The summed E-state index contributed by atoms with van der Waals surface area (Å²) in [6.07, 6.45) is 0. The molecule has 0 spiro atoms. The number of hydrogen-bond donors (Lipinski definition) is 1. The van der Waals surface area contributed by atoms with Gasteiger partial charge in [0.25, 0.3) is 0 Å². The largest absolute Gasteiger partial charge is 0.308 e. The molecule has 0 aliphatic heterocycles. The second-order valence-electron chi connectivity index (χ2n) is 3.59. The average Bonchev–Trinajstić information content (AvgIpc) is 2.65. The molecular formula is C12H13ClN2S. The first-order chi connectivity index (χ1) is 7.75. The van der Waals surface area contributed by atoms with Gasteiger partial charge in [-0.05, 0) is 24.6 Å². The molecule has 0 fully saturated rings. The van der Waals surface area contributed by atoms with Crippen LogP contribution in [0.1, 0.15) is 16.1 Å². The van der Waals surface area contributed by atoms with Gasteiger partial charge >= 0.3 is 0 Å². The summed E-state index contributed by atoms with van der Waals surface area (Å²) in [5, 5.41) is 4.17. The lowest BCUT2D eigenvalue weighted by atomic mass is 10.2. The van der Waals surface area contributed by atoms with E-state index in [1.54, 1.807) is 11.3 Å². The fourth-order valence-electron chi connectivity index (χ4n) is 1.46. The Kier molecular flexibility index (Phi) is 3.93. The summed E-state index contributed by atoms with van der Waals surface area (Å²) >= 11 is 7.60. The minimum atomic E-state index is 0.785. The van der Waals surface area contributed by atoms with Gasteiger partial charge in [0, 0.05) is 23.0 Å². The molecular weight excluding hydrogens is 240 g/mol. The number of nitrogens with zero attached hydrogens (tertiary/aromatic N) is 1. The average molecular weight is 253 g/mol. The molecule has 2 nitrogen and oxygen atoms in total. The maximum atomic E-state index is 5.91. The zero-order chi connectivity index (χ0) is 11.4. The predicted octanol–water partition coefficient (Wildman–Crippen LogP) is 3.39. The highest BCUT2D eigenvalue weighted by molar-refractivity contribution is 7.09. The van der Waals surface area contributed by atoms with Crippen molar-refractivity contribution in [1.29, 1.82) is 0 Å². The van der Waals surface area contributed by atoms with E-state index in [4.69, 9.17) is 11.6 Å². The van der Waals surface area contributed by atoms with Crippen LogP contribution in [-0.2, 0) is 13.1 Å². The SMILES string of the molecule is Cc1ncsc1CNCc1cccc(Cl)c1. The molecule has 1 heterocycles. The van der Waals surface area contributed by atoms with E-state index in [1.165, 1.54) is 10.4 Å². The minimum absolute atomic E-state index is 0.785. The predicted molar refractivity (Wildman–Crippen MR) is 68.8 cm³/mol. The van der Waals surface area contributed by atoms with Crippen molar-refractivity contribution in [2.45, 2.75) is 20.0 Å². The van der Waals surface area contributed by atoms with Crippen molar-refractivity contribution in [3.63, 3.8) is 0 Å². The molecule has 2 aromatic rings. The van der Waals surface area contributed by atoms with Crippen molar-refractivity contribution < 1.29 is 0 Å². The molecule has 0 aliphatic carbocycles. The maximum Gasteiger partial charge on any atom is 0.0798 e. The van der Waals surface area contributed by atoms with Gasteiger partial charge in [0.1, 0.15) is 0 Å². The smallest absolute Gasteiger partial charge is 0.0798 e.